The van der Waals surface area contributed by atoms with E-state index in [1.807, 2.05) is 13.8 Å². The Balaban J connectivity index is 2.53. The average molecular weight is 184 g/mol. The molecule has 0 saturated carbocycles. The van der Waals surface area contributed by atoms with E-state index < -0.39 is 0 Å². The molecule has 13 heavy (non-hydrogen) atoms. The van der Waals surface area contributed by atoms with Crippen molar-refractivity contribution in [1.29, 1.82) is 0 Å². The quantitative estimate of drug-likeness (QED) is 0.663. The lowest BCUT2D eigenvalue weighted by molar-refractivity contribution is -0.134. The van der Waals surface area contributed by atoms with E-state index in [-0.39, 0.29) is 23.9 Å². The summed E-state index contributed by atoms with van der Waals surface area (Å²) in [6, 6.07) is -0.107. The van der Waals surface area contributed by atoms with Crippen molar-refractivity contribution in [1.82, 2.24) is 10.2 Å². The van der Waals surface area contributed by atoms with Crippen LogP contribution in [-0.2, 0) is 9.59 Å². The highest BCUT2D eigenvalue weighted by atomic mass is 16.2. The molecule has 0 bridgehead atoms. The molecule has 0 aromatic heterocycles. The van der Waals surface area contributed by atoms with Crippen molar-refractivity contribution < 1.29 is 9.59 Å². The van der Waals surface area contributed by atoms with E-state index in [9.17, 15) is 9.59 Å². The van der Waals surface area contributed by atoms with Crippen molar-refractivity contribution in [3.63, 3.8) is 0 Å². The number of nitrogens with zero attached hydrogens (tertiary/aromatic N) is 1. The lowest BCUT2D eigenvalue weighted by Gasteiger charge is -2.24. The molecule has 4 heteroatoms. The van der Waals surface area contributed by atoms with Gasteiger partial charge in [-0.15, -0.1) is 0 Å². The number of amides is 2. The molecule has 1 aliphatic heterocycles. The highest BCUT2D eigenvalue weighted by molar-refractivity contribution is 5.90. The van der Waals surface area contributed by atoms with Crippen molar-refractivity contribution >= 4 is 11.8 Å². The van der Waals surface area contributed by atoms with E-state index in [0.717, 1.165) is 0 Å². The molecule has 0 radical (unpaired) electrons. The van der Waals surface area contributed by atoms with E-state index in [0.29, 0.717) is 12.8 Å². The van der Waals surface area contributed by atoms with Crippen LogP contribution >= 0.6 is 0 Å². The van der Waals surface area contributed by atoms with Gasteiger partial charge in [0.1, 0.15) is 6.04 Å². The molecule has 1 saturated heterocycles. The van der Waals surface area contributed by atoms with Gasteiger partial charge in [-0.25, -0.2) is 0 Å². The zero-order chi connectivity index (χ0) is 10.0. The van der Waals surface area contributed by atoms with Gasteiger partial charge in [0.2, 0.25) is 11.8 Å². The van der Waals surface area contributed by atoms with Crippen LogP contribution in [0, 0.1) is 0 Å². The highest BCUT2D eigenvalue weighted by Crippen LogP contribution is 2.10. The first kappa shape index (κ1) is 10.0. The fourth-order valence-corrected chi connectivity index (χ4v) is 1.30. The van der Waals surface area contributed by atoms with Gasteiger partial charge in [-0.05, 0) is 20.3 Å². The fraction of sp³-hybridized carbons (Fsp3) is 0.778. The van der Waals surface area contributed by atoms with Crippen molar-refractivity contribution in [3.05, 3.63) is 0 Å². The summed E-state index contributed by atoms with van der Waals surface area (Å²) < 4.78 is 0. The molecule has 1 atom stereocenters. The summed E-state index contributed by atoms with van der Waals surface area (Å²) in [7, 11) is 1.76. The lowest BCUT2D eigenvalue weighted by atomic mass is 10.2. The minimum Gasteiger partial charge on any atom is -0.344 e. The number of likely N-dealkylation sites (N-methyl/N-ethyl adjacent to an activating group) is 1. The molecule has 2 amide bonds. The number of rotatable bonds is 2. The summed E-state index contributed by atoms with van der Waals surface area (Å²) in [4.78, 5) is 24.2. The van der Waals surface area contributed by atoms with Gasteiger partial charge in [0.05, 0.1) is 0 Å². The van der Waals surface area contributed by atoms with Gasteiger partial charge in [-0.1, -0.05) is 0 Å². The molecule has 1 fully saturated rings. The van der Waals surface area contributed by atoms with E-state index in [1.165, 1.54) is 0 Å². The van der Waals surface area contributed by atoms with Gasteiger partial charge in [0.15, 0.2) is 0 Å². The zero-order valence-electron chi connectivity index (χ0n) is 8.33. The maximum atomic E-state index is 11.6. The van der Waals surface area contributed by atoms with Crippen LogP contribution in [0.3, 0.4) is 0 Å². The van der Waals surface area contributed by atoms with Gasteiger partial charge < -0.3 is 10.2 Å². The Bertz CT molecular complexity index is 226. The second-order valence-electron chi connectivity index (χ2n) is 3.70. The molecule has 0 aromatic rings. The fourth-order valence-electron chi connectivity index (χ4n) is 1.30. The van der Waals surface area contributed by atoms with E-state index in [1.54, 1.807) is 11.9 Å². The van der Waals surface area contributed by atoms with Crippen LogP contribution in [0.1, 0.15) is 26.7 Å². The van der Waals surface area contributed by atoms with E-state index >= 15 is 0 Å². The second kappa shape index (κ2) is 3.77. The molecule has 1 rings (SSSR count). The Hall–Kier alpha value is -1.06. The molecular formula is C9H16N2O2. The zero-order valence-corrected chi connectivity index (χ0v) is 8.33. The van der Waals surface area contributed by atoms with Gasteiger partial charge >= 0.3 is 0 Å². The topological polar surface area (TPSA) is 49.4 Å². The van der Waals surface area contributed by atoms with Crippen LogP contribution in [0.4, 0.5) is 0 Å². The van der Waals surface area contributed by atoms with E-state index in [4.69, 9.17) is 0 Å². The van der Waals surface area contributed by atoms with Crippen LogP contribution in [0.15, 0.2) is 0 Å². The Morgan fingerprint density at radius 3 is 2.62 bits per heavy atom. The molecule has 1 heterocycles. The summed E-state index contributed by atoms with van der Waals surface area (Å²) in [5.74, 6) is -0.00337. The molecule has 0 aliphatic carbocycles. The first-order valence-corrected chi connectivity index (χ1v) is 4.58. The predicted molar refractivity (Wildman–Crippen MR) is 49.1 cm³/mol. The van der Waals surface area contributed by atoms with Crippen molar-refractivity contribution in [2.45, 2.75) is 38.8 Å². The molecular weight excluding hydrogens is 168 g/mol. The number of carbonyl (C=O) groups excluding carboxylic acids is 2. The third kappa shape index (κ3) is 2.20. The summed E-state index contributed by atoms with van der Waals surface area (Å²) in [5, 5.41) is 2.66. The van der Waals surface area contributed by atoms with Crippen LogP contribution in [0.25, 0.3) is 0 Å². The molecule has 1 N–H and O–H groups in total. The number of hydrogen-bond donors (Lipinski definition) is 1. The Morgan fingerprint density at radius 1 is 1.62 bits per heavy atom. The van der Waals surface area contributed by atoms with Crippen LogP contribution in [-0.4, -0.2) is 35.8 Å². The minimum atomic E-state index is -0.292. The molecule has 74 valence electrons. The lowest BCUT2D eigenvalue weighted by Crippen LogP contribution is -2.45. The highest BCUT2D eigenvalue weighted by Gasteiger charge is 2.29. The Morgan fingerprint density at radius 2 is 2.23 bits per heavy atom. The maximum Gasteiger partial charge on any atom is 0.245 e. The van der Waals surface area contributed by atoms with Gasteiger partial charge in [0, 0.05) is 19.5 Å². The largest absolute Gasteiger partial charge is 0.344 e. The first-order valence-electron chi connectivity index (χ1n) is 4.58. The summed E-state index contributed by atoms with van der Waals surface area (Å²) >= 11 is 0. The Labute approximate surface area is 78.3 Å². The monoisotopic (exact) mass is 184 g/mol. The van der Waals surface area contributed by atoms with Crippen LogP contribution in [0.5, 0.6) is 0 Å². The molecule has 0 unspecified atom stereocenters. The third-order valence-corrected chi connectivity index (χ3v) is 2.42. The van der Waals surface area contributed by atoms with Gasteiger partial charge in [-0.2, -0.15) is 0 Å². The predicted octanol–water partition coefficient (Wildman–Crippen LogP) is 0.132. The standard InChI is InChI=1S/C9H16N2O2/c1-6(2)11(3)9(13)7-4-5-8(12)10-7/h6-7H,4-5H2,1-3H3,(H,10,12)/t7-/m1/s1. The van der Waals surface area contributed by atoms with Crippen LogP contribution in [0.2, 0.25) is 0 Å². The maximum absolute atomic E-state index is 11.6. The van der Waals surface area contributed by atoms with Crippen molar-refractivity contribution in [2.24, 2.45) is 0 Å². The molecule has 0 spiro atoms. The minimum absolute atomic E-state index is 0.0147. The summed E-state index contributed by atoms with van der Waals surface area (Å²) in [6.45, 7) is 3.91. The van der Waals surface area contributed by atoms with Gasteiger partial charge in [-0.3, -0.25) is 9.59 Å². The number of carbonyl (C=O) groups is 2. The normalized spacial score (nSPS) is 21.8. The number of nitrogens with one attached hydrogen (secondary N) is 1. The van der Waals surface area contributed by atoms with E-state index in [2.05, 4.69) is 5.32 Å². The summed E-state index contributed by atoms with van der Waals surface area (Å²) in [5.41, 5.74) is 0. The Kier molecular flexibility index (Phi) is 2.90. The SMILES string of the molecule is CC(C)N(C)C(=O)[C@H]1CCC(=O)N1. The summed E-state index contributed by atoms with van der Waals surface area (Å²) in [6.07, 6.45) is 1.11. The third-order valence-electron chi connectivity index (χ3n) is 2.42. The van der Waals surface area contributed by atoms with Crippen molar-refractivity contribution in [2.75, 3.05) is 7.05 Å². The molecule has 1 aliphatic rings. The second-order valence-corrected chi connectivity index (χ2v) is 3.70. The van der Waals surface area contributed by atoms with Gasteiger partial charge in [0.25, 0.3) is 0 Å². The average Bonchev–Trinajstić information content (AvgIpc) is 2.49. The number of hydrogen-bond acceptors (Lipinski definition) is 2. The first-order chi connectivity index (χ1) is 6.02. The molecule has 0 aromatic carbocycles. The smallest absolute Gasteiger partial charge is 0.245 e. The van der Waals surface area contributed by atoms with Crippen LogP contribution < -0.4 is 5.32 Å². The van der Waals surface area contributed by atoms with Crippen molar-refractivity contribution in [3.8, 4) is 0 Å². The molecule has 4 nitrogen and oxygen atoms in total.